The molecule has 2 heteroatoms. The Morgan fingerprint density at radius 2 is 2.42 bits per heavy atom. The van der Waals surface area contributed by atoms with Crippen molar-refractivity contribution in [3.63, 3.8) is 0 Å². The van der Waals surface area contributed by atoms with Crippen LogP contribution in [0.4, 0.5) is 0 Å². The van der Waals surface area contributed by atoms with Crippen LogP contribution in [0.2, 0.25) is 0 Å². The van der Waals surface area contributed by atoms with Gasteiger partial charge in [0.1, 0.15) is 0 Å². The minimum absolute atomic E-state index is 0.0463. The fraction of sp³-hybridized carbons (Fsp3) is 0.500. The molecule has 12 heavy (non-hydrogen) atoms. The molecule has 0 spiro atoms. The lowest BCUT2D eigenvalue weighted by atomic mass is 9.87. The molecule has 0 aromatic rings. The van der Waals surface area contributed by atoms with Crippen molar-refractivity contribution in [2.75, 3.05) is 0 Å². The maximum Gasteiger partial charge on any atom is 0.318 e. The van der Waals surface area contributed by atoms with Crippen LogP contribution in [-0.4, -0.2) is 5.97 Å². The van der Waals surface area contributed by atoms with Crippen LogP contribution in [0, 0.1) is 11.8 Å². The third kappa shape index (κ3) is 0.909. The highest BCUT2D eigenvalue weighted by molar-refractivity contribution is 5.79. The first-order chi connectivity index (χ1) is 5.70. The van der Waals surface area contributed by atoms with E-state index in [1.54, 1.807) is 6.26 Å². The van der Waals surface area contributed by atoms with Crippen LogP contribution >= 0.6 is 0 Å². The zero-order valence-electron chi connectivity index (χ0n) is 7.17. The highest BCUT2D eigenvalue weighted by atomic mass is 16.5. The summed E-state index contributed by atoms with van der Waals surface area (Å²) in [5.74, 6) is 0.210. The molecule has 2 nitrogen and oxygen atoms in total. The summed E-state index contributed by atoms with van der Waals surface area (Å²) in [7, 11) is 0. The number of ether oxygens (including phenoxy) is 1. The van der Waals surface area contributed by atoms with Crippen molar-refractivity contribution in [2.45, 2.75) is 19.8 Å². The minimum atomic E-state index is -0.117. The summed E-state index contributed by atoms with van der Waals surface area (Å²) in [5, 5.41) is 0. The van der Waals surface area contributed by atoms with Crippen molar-refractivity contribution < 1.29 is 9.53 Å². The number of esters is 1. The smallest absolute Gasteiger partial charge is 0.318 e. The van der Waals surface area contributed by atoms with E-state index in [1.165, 1.54) is 5.57 Å². The normalized spacial score (nSPS) is 34.2. The van der Waals surface area contributed by atoms with E-state index < -0.39 is 0 Å². The molecule has 1 aliphatic carbocycles. The van der Waals surface area contributed by atoms with Crippen LogP contribution in [0.5, 0.6) is 0 Å². The molecule has 0 aromatic heterocycles. The fourth-order valence-electron chi connectivity index (χ4n) is 2.08. The second-order valence-electron chi connectivity index (χ2n) is 3.58. The van der Waals surface area contributed by atoms with Crippen LogP contribution in [0.3, 0.4) is 0 Å². The lowest BCUT2D eigenvalue weighted by molar-refractivity contribution is -0.143. The SMILES string of the molecule is C=C1CC[C@@H]2C(C)=COC(=O)[C@@H]12. The van der Waals surface area contributed by atoms with Gasteiger partial charge in [0.2, 0.25) is 0 Å². The number of hydrogen-bond acceptors (Lipinski definition) is 2. The molecular formula is C10H12O2. The summed E-state index contributed by atoms with van der Waals surface area (Å²) in [4.78, 5) is 11.3. The molecule has 2 atom stereocenters. The molecule has 1 saturated carbocycles. The van der Waals surface area contributed by atoms with Gasteiger partial charge in [0.05, 0.1) is 12.2 Å². The lowest BCUT2D eigenvalue weighted by Gasteiger charge is -2.23. The lowest BCUT2D eigenvalue weighted by Crippen LogP contribution is -2.25. The van der Waals surface area contributed by atoms with Gasteiger partial charge in [-0.3, -0.25) is 4.79 Å². The first-order valence-corrected chi connectivity index (χ1v) is 4.25. The van der Waals surface area contributed by atoms with E-state index in [0.717, 1.165) is 18.4 Å². The Labute approximate surface area is 71.9 Å². The Balaban J connectivity index is 2.35. The topological polar surface area (TPSA) is 26.3 Å². The van der Waals surface area contributed by atoms with Crippen molar-refractivity contribution in [1.82, 2.24) is 0 Å². The maximum absolute atomic E-state index is 11.3. The largest absolute Gasteiger partial charge is 0.434 e. The summed E-state index contributed by atoms with van der Waals surface area (Å²) in [6, 6.07) is 0. The van der Waals surface area contributed by atoms with Crippen LogP contribution in [0.15, 0.2) is 24.0 Å². The Kier molecular flexibility index (Phi) is 1.56. The Bertz CT molecular complexity index is 276. The number of hydrogen-bond donors (Lipinski definition) is 0. The van der Waals surface area contributed by atoms with Gasteiger partial charge in [0.25, 0.3) is 0 Å². The Morgan fingerprint density at radius 3 is 3.08 bits per heavy atom. The Morgan fingerprint density at radius 1 is 1.67 bits per heavy atom. The van der Waals surface area contributed by atoms with Crippen LogP contribution < -0.4 is 0 Å². The molecular weight excluding hydrogens is 152 g/mol. The van der Waals surface area contributed by atoms with E-state index in [9.17, 15) is 4.79 Å². The molecule has 1 heterocycles. The van der Waals surface area contributed by atoms with Crippen molar-refractivity contribution in [3.05, 3.63) is 24.0 Å². The van der Waals surface area contributed by atoms with Crippen molar-refractivity contribution in [1.29, 1.82) is 0 Å². The Hall–Kier alpha value is -1.05. The summed E-state index contributed by atoms with van der Waals surface area (Å²) in [6.45, 7) is 5.91. The minimum Gasteiger partial charge on any atom is -0.434 e. The summed E-state index contributed by atoms with van der Waals surface area (Å²) >= 11 is 0. The van der Waals surface area contributed by atoms with E-state index in [1.807, 2.05) is 6.92 Å². The van der Waals surface area contributed by atoms with Crippen LogP contribution in [0.25, 0.3) is 0 Å². The van der Waals surface area contributed by atoms with Crippen molar-refractivity contribution in [2.24, 2.45) is 11.8 Å². The molecule has 0 unspecified atom stereocenters. The van der Waals surface area contributed by atoms with Crippen molar-refractivity contribution >= 4 is 5.97 Å². The van der Waals surface area contributed by atoms with Gasteiger partial charge >= 0.3 is 5.97 Å². The van der Waals surface area contributed by atoms with Gasteiger partial charge in [0, 0.05) is 5.92 Å². The molecule has 0 amide bonds. The summed E-state index contributed by atoms with van der Waals surface area (Å²) in [5.41, 5.74) is 2.22. The van der Waals surface area contributed by atoms with Crippen molar-refractivity contribution in [3.8, 4) is 0 Å². The summed E-state index contributed by atoms with van der Waals surface area (Å²) < 4.78 is 4.91. The highest BCUT2D eigenvalue weighted by Crippen LogP contribution is 2.42. The van der Waals surface area contributed by atoms with Crippen LogP contribution in [-0.2, 0) is 9.53 Å². The van der Waals surface area contributed by atoms with Gasteiger partial charge in [-0.1, -0.05) is 12.2 Å². The standard InChI is InChI=1S/C10H12O2/c1-6-3-4-8-7(2)5-12-10(11)9(6)8/h5,8-9H,1,3-4H2,2H3/t8-,9+/m1/s1. The molecule has 64 valence electrons. The molecule has 2 rings (SSSR count). The van der Waals surface area contributed by atoms with Gasteiger partial charge in [-0.25, -0.2) is 0 Å². The number of allylic oxidation sites excluding steroid dienone is 1. The van der Waals surface area contributed by atoms with Gasteiger partial charge in [-0.2, -0.15) is 0 Å². The number of carbonyl (C=O) groups excluding carboxylic acids is 1. The van der Waals surface area contributed by atoms with E-state index in [0.29, 0.717) is 5.92 Å². The van der Waals surface area contributed by atoms with E-state index in [-0.39, 0.29) is 11.9 Å². The zero-order valence-corrected chi connectivity index (χ0v) is 7.17. The summed E-state index contributed by atoms with van der Waals surface area (Å²) in [6.07, 6.45) is 3.61. The fourth-order valence-corrected chi connectivity index (χ4v) is 2.08. The van der Waals surface area contributed by atoms with Gasteiger partial charge in [-0.05, 0) is 25.3 Å². The zero-order chi connectivity index (χ0) is 8.72. The highest BCUT2D eigenvalue weighted by Gasteiger charge is 2.40. The second kappa shape index (κ2) is 2.47. The van der Waals surface area contributed by atoms with Crippen LogP contribution in [0.1, 0.15) is 19.8 Å². The van der Waals surface area contributed by atoms with Gasteiger partial charge in [0.15, 0.2) is 0 Å². The molecule has 0 N–H and O–H groups in total. The second-order valence-corrected chi connectivity index (χ2v) is 3.58. The number of carbonyl (C=O) groups is 1. The quantitative estimate of drug-likeness (QED) is 0.404. The van der Waals surface area contributed by atoms with Gasteiger partial charge < -0.3 is 4.74 Å². The molecule has 0 aromatic carbocycles. The van der Waals surface area contributed by atoms with E-state index in [4.69, 9.17) is 4.74 Å². The maximum atomic E-state index is 11.3. The van der Waals surface area contributed by atoms with E-state index >= 15 is 0 Å². The first kappa shape index (κ1) is 7.59. The third-order valence-corrected chi connectivity index (χ3v) is 2.82. The predicted octanol–water partition coefficient (Wildman–Crippen LogP) is 2.03. The number of cyclic esters (lactones) is 1. The monoisotopic (exact) mass is 164 g/mol. The van der Waals surface area contributed by atoms with E-state index in [2.05, 4.69) is 6.58 Å². The third-order valence-electron chi connectivity index (χ3n) is 2.82. The van der Waals surface area contributed by atoms with Gasteiger partial charge in [-0.15, -0.1) is 0 Å². The molecule has 0 saturated heterocycles. The molecule has 0 bridgehead atoms. The number of rotatable bonds is 0. The molecule has 1 fully saturated rings. The molecule has 2 aliphatic rings. The number of fused-ring (bicyclic) bond motifs is 1. The predicted molar refractivity (Wildman–Crippen MR) is 45.2 cm³/mol. The molecule has 1 aliphatic heterocycles. The molecule has 0 radical (unpaired) electrons. The average Bonchev–Trinajstić information content (AvgIpc) is 2.42. The average molecular weight is 164 g/mol. The first-order valence-electron chi connectivity index (χ1n) is 4.25.